The van der Waals surface area contributed by atoms with Crippen LogP contribution in [0.15, 0.2) is 18.3 Å². The second-order valence-electron chi connectivity index (χ2n) is 6.56. The molecule has 0 radical (unpaired) electrons. The molecule has 1 N–H and O–H groups in total. The van der Waals surface area contributed by atoms with Crippen molar-refractivity contribution in [2.75, 3.05) is 18.0 Å². The molecule has 2 rings (SSSR count). The number of pyridine rings is 1. The van der Waals surface area contributed by atoms with Crippen molar-refractivity contribution in [2.24, 2.45) is 5.41 Å². The monoisotopic (exact) mass is 315 g/mol. The largest absolute Gasteiger partial charge is 0.417 e. The third kappa shape index (κ3) is 3.90. The van der Waals surface area contributed by atoms with Gasteiger partial charge in [0.25, 0.3) is 0 Å². The molecule has 4 nitrogen and oxygen atoms in total. The molecule has 0 saturated carbocycles. The van der Waals surface area contributed by atoms with Crippen molar-refractivity contribution in [1.29, 1.82) is 0 Å². The van der Waals surface area contributed by atoms with Crippen molar-refractivity contribution in [3.63, 3.8) is 0 Å². The highest BCUT2D eigenvalue weighted by Gasteiger charge is 2.32. The first-order chi connectivity index (χ1) is 10.1. The van der Waals surface area contributed by atoms with Crippen LogP contribution in [-0.4, -0.2) is 30.0 Å². The van der Waals surface area contributed by atoms with E-state index in [1.807, 2.05) is 25.7 Å². The summed E-state index contributed by atoms with van der Waals surface area (Å²) in [7, 11) is 0. The van der Waals surface area contributed by atoms with Crippen molar-refractivity contribution in [2.45, 2.75) is 39.4 Å². The molecule has 1 aromatic heterocycles. The minimum atomic E-state index is -4.38. The van der Waals surface area contributed by atoms with E-state index in [-0.39, 0.29) is 11.9 Å². The number of hydrogen-bond donors (Lipinski definition) is 1. The fourth-order valence-corrected chi connectivity index (χ4v) is 2.23. The number of carbonyl (C=O) groups excluding carboxylic acids is 1. The Balaban J connectivity index is 1.97. The summed E-state index contributed by atoms with van der Waals surface area (Å²) in [4.78, 5) is 17.7. The van der Waals surface area contributed by atoms with Gasteiger partial charge in [-0.15, -0.1) is 0 Å². The second-order valence-corrected chi connectivity index (χ2v) is 6.56. The van der Waals surface area contributed by atoms with Crippen molar-refractivity contribution in [1.82, 2.24) is 10.3 Å². The molecule has 1 aromatic rings. The molecular weight excluding hydrogens is 295 g/mol. The van der Waals surface area contributed by atoms with E-state index in [0.717, 1.165) is 18.7 Å². The van der Waals surface area contributed by atoms with Gasteiger partial charge in [0.05, 0.1) is 5.56 Å². The van der Waals surface area contributed by atoms with Gasteiger partial charge < -0.3 is 10.2 Å². The summed E-state index contributed by atoms with van der Waals surface area (Å²) in [6.07, 6.45) is -2.78. The molecular formula is C15H20F3N3O. The summed E-state index contributed by atoms with van der Waals surface area (Å²) < 4.78 is 37.5. The Hall–Kier alpha value is -1.79. The van der Waals surface area contributed by atoms with Crippen LogP contribution < -0.4 is 10.2 Å². The zero-order valence-electron chi connectivity index (χ0n) is 12.9. The molecule has 1 saturated heterocycles. The zero-order chi connectivity index (χ0) is 16.5. The Morgan fingerprint density at radius 1 is 1.32 bits per heavy atom. The van der Waals surface area contributed by atoms with Crippen molar-refractivity contribution in [3.05, 3.63) is 23.9 Å². The SMILES string of the molecule is CC(C)(C)C(=O)NC1CCN(c2ccc(C(F)(F)F)cn2)C1. The quantitative estimate of drug-likeness (QED) is 0.913. The molecule has 0 aliphatic carbocycles. The highest BCUT2D eigenvalue weighted by Crippen LogP contribution is 2.30. The molecule has 2 heterocycles. The number of anilines is 1. The lowest BCUT2D eigenvalue weighted by Crippen LogP contribution is -2.43. The minimum absolute atomic E-state index is 0.00387. The molecule has 0 aromatic carbocycles. The van der Waals surface area contributed by atoms with Gasteiger partial charge in [0.1, 0.15) is 5.82 Å². The maximum atomic E-state index is 12.5. The van der Waals surface area contributed by atoms with Gasteiger partial charge in [-0.25, -0.2) is 4.98 Å². The number of aromatic nitrogens is 1. The third-order valence-corrected chi connectivity index (χ3v) is 3.60. The van der Waals surface area contributed by atoms with Crippen molar-refractivity contribution >= 4 is 11.7 Å². The smallest absolute Gasteiger partial charge is 0.354 e. The summed E-state index contributed by atoms with van der Waals surface area (Å²) in [6, 6.07) is 2.40. The maximum absolute atomic E-state index is 12.5. The Labute approximate surface area is 127 Å². The molecule has 1 amide bonds. The van der Waals surface area contributed by atoms with Crippen LogP contribution in [0.1, 0.15) is 32.8 Å². The van der Waals surface area contributed by atoms with Crippen LogP contribution in [0.4, 0.5) is 19.0 Å². The number of amides is 1. The fourth-order valence-electron chi connectivity index (χ4n) is 2.23. The summed E-state index contributed by atoms with van der Waals surface area (Å²) in [5.74, 6) is 0.472. The van der Waals surface area contributed by atoms with Gasteiger partial charge in [-0.3, -0.25) is 4.79 Å². The van der Waals surface area contributed by atoms with Crippen LogP contribution in [0.2, 0.25) is 0 Å². The summed E-state index contributed by atoms with van der Waals surface area (Å²) in [5.41, 5.74) is -1.21. The molecule has 1 unspecified atom stereocenters. The Kier molecular flexibility index (Phi) is 4.35. The average Bonchev–Trinajstić information content (AvgIpc) is 2.85. The van der Waals surface area contributed by atoms with Gasteiger partial charge in [-0.2, -0.15) is 13.2 Å². The highest BCUT2D eigenvalue weighted by atomic mass is 19.4. The molecule has 1 fully saturated rings. The maximum Gasteiger partial charge on any atom is 0.417 e. The first kappa shape index (κ1) is 16.6. The van der Waals surface area contributed by atoms with Crippen LogP contribution in [0.5, 0.6) is 0 Å². The van der Waals surface area contributed by atoms with E-state index >= 15 is 0 Å². The van der Waals surface area contributed by atoms with Crippen LogP contribution >= 0.6 is 0 Å². The number of nitrogens with one attached hydrogen (secondary N) is 1. The molecule has 0 spiro atoms. The molecule has 1 atom stereocenters. The van der Waals surface area contributed by atoms with E-state index in [4.69, 9.17) is 0 Å². The normalized spacial score (nSPS) is 19.4. The lowest BCUT2D eigenvalue weighted by Gasteiger charge is -2.22. The fraction of sp³-hybridized carbons (Fsp3) is 0.600. The van der Waals surface area contributed by atoms with Gasteiger partial charge in [0.2, 0.25) is 5.91 Å². The molecule has 1 aliphatic rings. The number of hydrogen-bond acceptors (Lipinski definition) is 3. The van der Waals surface area contributed by atoms with Gasteiger partial charge in [-0.1, -0.05) is 20.8 Å². The summed E-state index contributed by atoms with van der Waals surface area (Å²) >= 11 is 0. The molecule has 0 bridgehead atoms. The predicted octanol–water partition coefficient (Wildman–Crippen LogP) is 2.84. The van der Waals surface area contributed by atoms with Crippen molar-refractivity contribution in [3.8, 4) is 0 Å². The Morgan fingerprint density at radius 3 is 2.50 bits per heavy atom. The predicted molar refractivity (Wildman–Crippen MR) is 77.5 cm³/mol. The van der Waals surface area contributed by atoms with Crippen LogP contribution in [0.25, 0.3) is 0 Å². The van der Waals surface area contributed by atoms with Crippen LogP contribution in [0.3, 0.4) is 0 Å². The zero-order valence-corrected chi connectivity index (χ0v) is 12.9. The van der Waals surface area contributed by atoms with Gasteiger partial charge in [0, 0.05) is 30.7 Å². The number of carbonyl (C=O) groups is 1. The first-order valence-corrected chi connectivity index (χ1v) is 7.16. The standard InChI is InChI=1S/C15H20F3N3O/c1-14(2,3)13(22)20-11-6-7-21(9-11)12-5-4-10(8-19-12)15(16,17)18/h4-5,8,11H,6-7,9H2,1-3H3,(H,20,22). The Bertz CT molecular complexity index is 534. The number of nitrogens with zero attached hydrogens (tertiary/aromatic N) is 2. The number of rotatable bonds is 2. The molecule has 1 aliphatic heterocycles. The molecule has 22 heavy (non-hydrogen) atoms. The van der Waals surface area contributed by atoms with Crippen molar-refractivity contribution < 1.29 is 18.0 Å². The summed E-state index contributed by atoms with van der Waals surface area (Å²) in [6.45, 7) is 6.74. The van der Waals surface area contributed by atoms with Crippen LogP contribution in [0, 0.1) is 5.41 Å². The third-order valence-electron chi connectivity index (χ3n) is 3.60. The summed E-state index contributed by atoms with van der Waals surface area (Å²) in [5, 5.41) is 2.97. The van der Waals surface area contributed by atoms with Gasteiger partial charge in [0.15, 0.2) is 0 Å². The average molecular weight is 315 g/mol. The van der Waals surface area contributed by atoms with Gasteiger partial charge >= 0.3 is 6.18 Å². The van der Waals surface area contributed by atoms with E-state index in [0.29, 0.717) is 18.9 Å². The topological polar surface area (TPSA) is 45.2 Å². The van der Waals surface area contributed by atoms with E-state index in [2.05, 4.69) is 10.3 Å². The lowest BCUT2D eigenvalue weighted by molar-refractivity contribution is -0.137. The van der Waals surface area contributed by atoms with Crippen LogP contribution in [-0.2, 0) is 11.0 Å². The minimum Gasteiger partial charge on any atom is -0.354 e. The number of alkyl halides is 3. The van der Waals surface area contributed by atoms with E-state index in [9.17, 15) is 18.0 Å². The van der Waals surface area contributed by atoms with E-state index in [1.54, 1.807) is 0 Å². The molecule has 7 heteroatoms. The number of halogens is 3. The van der Waals surface area contributed by atoms with E-state index < -0.39 is 17.2 Å². The Morgan fingerprint density at radius 2 is 2.00 bits per heavy atom. The van der Waals surface area contributed by atoms with E-state index in [1.165, 1.54) is 6.07 Å². The van der Waals surface area contributed by atoms with Gasteiger partial charge in [-0.05, 0) is 18.6 Å². The lowest BCUT2D eigenvalue weighted by atomic mass is 9.95. The first-order valence-electron chi connectivity index (χ1n) is 7.16. The second kappa shape index (κ2) is 5.78. The molecule has 122 valence electrons. The highest BCUT2D eigenvalue weighted by molar-refractivity contribution is 5.81.